The van der Waals surface area contributed by atoms with Crippen molar-refractivity contribution in [2.24, 2.45) is 5.92 Å². The number of hydrogen-bond acceptors (Lipinski definition) is 5. The van der Waals surface area contributed by atoms with Crippen LogP contribution in [0.4, 0.5) is 4.79 Å². The van der Waals surface area contributed by atoms with Crippen molar-refractivity contribution in [3.05, 3.63) is 41.4 Å². The first-order chi connectivity index (χ1) is 16.5. The zero-order chi connectivity index (χ0) is 25.4. The van der Waals surface area contributed by atoms with Crippen molar-refractivity contribution in [2.75, 3.05) is 39.3 Å². The molecule has 0 spiro atoms. The molecule has 0 saturated carbocycles. The van der Waals surface area contributed by atoms with Crippen LogP contribution in [0.25, 0.3) is 10.8 Å². The number of rotatable bonds is 3. The van der Waals surface area contributed by atoms with Crippen molar-refractivity contribution in [1.29, 1.82) is 0 Å². The number of halogens is 1. The zero-order valence-corrected chi connectivity index (χ0v) is 21.9. The first-order valence-electron chi connectivity index (χ1n) is 11.9. The Balaban J connectivity index is 1.35. The molecule has 2 aromatic carbocycles. The molecule has 0 unspecified atom stereocenters. The first kappa shape index (κ1) is 25.7. The van der Waals surface area contributed by atoms with Gasteiger partial charge in [-0.3, -0.25) is 4.79 Å². The van der Waals surface area contributed by atoms with Gasteiger partial charge in [0.25, 0.3) is 0 Å². The minimum atomic E-state index is -3.71. The highest BCUT2D eigenvalue weighted by molar-refractivity contribution is 7.89. The third-order valence-corrected chi connectivity index (χ3v) is 8.66. The Bertz CT molecular complexity index is 1210. The molecule has 8 nitrogen and oxygen atoms in total. The van der Waals surface area contributed by atoms with Crippen LogP contribution >= 0.6 is 11.6 Å². The molecule has 2 saturated heterocycles. The highest BCUT2D eigenvalue weighted by atomic mass is 35.5. The van der Waals surface area contributed by atoms with E-state index in [0.717, 1.165) is 5.39 Å². The molecule has 2 aromatic rings. The molecule has 0 atom stereocenters. The van der Waals surface area contributed by atoms with E-state index in [0.29, 0.717) is 49.4 Å². The van der Waals surface area contributed by atoms with Gasteiger partial charge in [0.1, 0.15) is 5.60 Å². The lowest BCUT2D eigenvalue weighted by atomic mass is 9.95. The lowest BCUT2D eigenvalue weighted by Crippen LogP contribution is -2.53. The van der Waals surface area contributed by atoms with Gasteiger partial charge in [-0.1, -0.05) is 29.8 Å². The average Bonchev–Trinajstić information content (AvgIpc) is 2.82. The molecular weight excluding hydrogens is 490 g/mol. The van der Waals surface area contributed by atoms with Crippen LogP contribution in [0.15, 0.2) is 41.3 Å². The average molecular weight is 522 g/mol. The number of fused-ring (bicyclic) bond motifs is 1. The van der Waals surface area contributed by atoms with E-state index in [2.05, 4.69) is 0 Å². The van der Waals surface area contributed by atoms with Crippen LogP contribution in [0, 0.1) is 5.92 Å². The van der Waals surface area contributed by atoms with E-state index in [-0.39, 0.29) is 35.9 Å². The van der Waals surface area contributed by atoms with Gasteiger partial charge in [0.15, 0.2) is 0 Å². The summed E-state index contributed by atoms with van der Waals surface area (Å²) in [5.74, 6) is -0.134. The number of likely N-dealkylation sites (tertiary alicyclic amines) is 1. The highest BCUT2D eigenvalue weighted by Crippen LogP contribution is 2.29. The second-order valence-corrected chi connectivity index (χ2v) is 12.4. The third-order valence-electron chi connectivity index (χ3n) is 6.47. The maximum atomic E-state index is 13.4. The molecule has 35 heavy (non-hydrogen) atoms. The molecule has 2 heterocycles. The molecule has 2 fully saturated rings. The number of sulfonamides is 1. The summed E-state index contributed by atoms with van der Waals surface area (Å²) in [7, 11) is -3.71. The van der Waals surface area contributed by atoms with Gasteiger partial charge in [0, 0.05) is 55.6 Å². The monoisotopic (exact) mass is 521 g/mol. The molecule has 0 N–H and O–H groups in total. The quantitative estimate of drug-likeness (QED) is 0.610. The van der Waals surface area contributed by atoms with Crippen molar-refractivity contribution in [3.8, 4) is 0 Å². The lowest BCUT2D eigenvalue weighted by Gasteiger charge is -2.38. The molecule has 4 rings (SSSR count). The summed E-state index contributed by atoms with van der Waals surface area (Å²) >= 11 is 6.07. The fraction of sp³-hybridized carbons (Fsp3) is 0.520. The smallest absolute Gasteiger partial charge is 0.410 e. The number of nitrogens with zero attached hydrogens (tertiary/aromatic N) is 3. The van der Waals surface area contributed by atoms with Gasteiger partial charge in [-0.2, -0.15) is 4.31 Å². The fourth-order valence-electron chi connectivity index (χ4n) is 4.63. The van der Waals surface area contributed by atoms with Crippen LogP contribution in [-0.2, 0) is 19.6 Å². The second kappa shape index (κ2) is 9.95. The van der Waals surface area contributed by atoms with Gasteiger partial charge in [0.2, 0.25) is 15.9 Å². The van der Waals surface area contributed by atoms with Gasteiger partial charge in [-0.05, 0) is 57.2 Å². The Morgan fingerprint density at radius 1 is 0.943 bits per heavy atom. The second-order valence-electron chi connectivity index (χ2n) is 10.1. The Labute approximate surface area is 211 Å². The summed E-state index contributed by atoms with van der Waals surface area (Å²) in [4.78, 5) is 29.0. The van der Waals surface area contributed by atoms with E-state index in [1.54, 1.807) is 40.1 Å². The number of piperazine rings is 1. The number of carbonyl (C=O) groups excluding carboxylic acids is 2. The lowest BCUT2D eigenvalue weighted by molar-refractivity contribution is -0.138. The summed E-state index contributed by atoms with van der Waals surface area (Å²) in [5, 5.41) is 1.95. The van der Waals surface area contributed by atoms with Crippen molar-refractivity contribution in [2.45, 2.75) is 44.1 Å². The Hall–Kier alpha value is -2.36. The van der Waals surface area contributed by atoms with Crippen LogP contribution < -0.4 is 0 Å². The maximum Gasteiger partial charge on any atom is 0.410 e. The number of carbonyl (C=O) groups is 2. The van der Waals surface area contributed by atoms with Crippen LogP contribution in [0.2, 0.25) is 5.02 Å². The predicted molar refractivity (Wildman–Crippen MR) is 135 cm³/mol. The fourth-order valence-corrected chi connectivity index (χ4v) is 6.45. The molecular formula is C25H32ClN3O5S. The molecule has 190 valence electrons. The van der Waals surface area contributed by atoms with E-state index >= 15 is 0 Å². The summed E-state index contributed by atoms with van der Waals surface area (Å²) in [6.07, 6.45) is 0.808. The molecule has 0 aliphatic carbocycles. The summed E-state index contributed by atoms with van der Waals surface area (Å²) < 4.78 is 33.7. The normalized spacial score (nSPS) is 18.6. The van der Waals surface area contributed by atoms with E-state index < -0.39 is 15.6 Å². The first-order valence-corrected chi connectivity index (χ1v) is 13.7. The number of ether oxygens (including phenoxy) is 1. The molecule has 0 bridgehead atoms. The number of hydrogen-bond donors (Lipinski definition) is 0. The number of benzene rings is 2. The van der Waals surface area contributed by atoms with Gasteiger partial charge in [0.05, 0.1) is 4.90 Å². The largest absolute Gasteiger partial charge is 0.444 e. The Kier molecular flexibility index (Phi) is 7.31. The van der Waals surface area contributed by atoms with Gasteiger partial charge >= 0.3 is 6.09 Å². The SMILES string of the molecule is CC(C)(C)OC(=O)N1CCC(C(=O)N2CCN(S(=O)(=O)c3cccc4cc(Cl)ccc34)CC2)CC1. The molecule has 2 amide bonds. The van der Waals surface area contributed by atoms with Crippen molar-refractivity contribution in [3.63, 3.8) is 0 Å². The van der Waals surface area contributed by atoms with Crippen molar-refractivity contribution < 1.29 is 22.7 Å². The standard InChI is InChI=1S/C25H32ClN3O5S/c1-25(2,3)34-24(31)28-11-9-18(10-12-28)23(30)27-13-15-29(16-14-27)35(32,33)22-6-4-5-19-17-20(26)7-8-21(19)22/h4-8,17-18H,9-16H2,1-3H3. The Morgan fingerprint density at radius 2 is 1.60 bits per heavy atom. The van der Waals surface area contributed by atoms with Crippen LogP contribution in [0.3, 0.4) is 0 Å². The van der Waals surface area contributed by atoms with Crippen LogP contribution in [0.1, 0.15) is 33.6 Å². The van der Waals surface area contributed by atoms with Gasteiger partial charge in [-0.25, -0.2) is 13.2 Å². The van der Waals surface area contributed by atoms with E-state index in [1.807, 2.05) is 26.8 Å². The van der Waals surface area contributed by atoms with Gasteiger partial charge < -0.3 is 14.5 Å². The van der Waals surface area contributed by atoms with E-state index in [9.17, 15) is 18.0 Å². The van der Waals surface area contributed by atoms with E-state index in [4.69, 9.17) is 16.3 Å². The zero-order valence-electron chi connectivity index (χ0n) is 20.4. The molecule has 2 aliphatic rings. The molecule has 0 radical (unpaired) electrons. The van der Waals surface area contributed by atoms with Gasteiger partial charge in [-0.15, -0.1) is 0 Å². The summed E-state index contributed by atoms with van der Waals surface area (Å²) in [6.45, 7) is 7.63. The molecule has 10 heteroatoms. The minimum Gasteiger partial charge on any atom is -0.444 e. The van der Waals surface area contributed by atoms with Crippen LogP contribution in [0.5, 0.6) is 0 Å². The predicted octanol–water partition coefficient (Wildman–Crippen LogP) is 3.97. The molecule has 2 aliphatic heterocycles. The van der Waals surface area contributed by atoms with E-state index in [1.165, 1.54) is 4.31 Å². The molecule has 0 aromatic heterocycles. The van der Waals surface area contributed by atoms with Crippen LogP contribution in [-0.4, -0.2) is 79.4 Å². The number of piperidine rings is 1. The maximum absolute atomic E-state index is 13.4. The van der Waals surface area contributed by atoms with Crippen molar-refractivity contribution in [1.82, 2.24) is 14.1 Å². The number of amides is 2. The summed E-state index contributed by atoms with van der Waals surface area (Å²) in [5.41, 5.74) is -0.553. The minimum absolute atomic E-state index is 0.0330. The Morgan fingerprint density at radius 3 is 2.23 bits per heavy atom. The summed E-state index contributed by atoms with van der Waals surface area (Å²) in [6, 6.07) is 10.3. The van der Waals surface area contributed by atoms with Crippen molar-refractivity contribution >= 4 is 44.4 Å². The highest BCUT2D eigenvalue weighted by Gasteiger charge is 2.35. The third kappa shape index (κ3) is 5.73. The topological polar surface area (TPSA) is 87.2 Å².